The SMILES string of the molecule is CC(CO)CCCNC(=O)C1CCCN(C(=O)C(C)C)C1. The Morgan fingerprint density at radius 1 is 1.33 bits per heavy atom. The lowest BCUT2D eigenvalue weighted by molar-refractivity contribution is -0.138. The smallest absolute Gasteiger partial charge is 0.225 e. The summed E-state index contributed by atoms with van der Waals surface area (Å²) in [5, 5.41) is 11.9. The molecule has 0 aromatic carbocycles. The average molecular weight is 298 g/mol. The molecule has 2 atom stereocenters. The van der Waals surface area contributed by atoms with Crippen LogP contribution in [0.15, 0.2) is 0 Å². The van der Waals surface area contributed by atoms with Crippen molar-refractivity contribution >= 4 is 11.8 Å². The first-order valence-corrected chi connectivity index (χ1v) is 8.13. The van der Waals surface area contributed by atoms with Crippen molar-refractivity contribution in [3.63, 3.8) is 0 Å². The molecule has 1 saturated heterocycles. The maximum Gasteiger partial charge on any atom is 0.225 e. The van der Waals surface area contributed by atoms with Crippen LogP contribution in [0.5, 0.6) is 0 Å². The third kappa shape index (κ3) is 6.04. The topological polar surface area (TPSA) is 69.6 Å². The number of rotatable bonds is 7. The van der Waals surface area contributed by atoms with Gasteiger partial charge in [0.05, 0.1) is 5.92 Å². The number of amides is 2. The maximum atomic E-state index is 12.2. The predicted molar refractivity (Wildman–Crippen MR) is 82.6 cm³/mol. The van der Waals surface area contributed by atoms with Gasteiger partial charge in [0.1, 0.15) is 0 Å². The van der Waals surface area contributed by atoms with Gasteiger partial charge in [0.25, 0.3) is 0 Å². The lowest BCUT2D eigenvalue weighted by Gasteiger charge is -2.33. The molecular weight excluding hydrogens is 268 g/mol. The molecule has 1 aliphatic heterocycles. The van der Waals surface area contributed by atoms with E-state index in [9.17, 15) is 9.59 Å². The highest BCUT2D eigenvalue weighted by molar-refractivity contribution is 5.82. The van der Waals surface area contributed by atoms with Gasteiger partial charge in [0.15, 0.2) is 0 Å². The van der Waals surface area contributed by atoms with Gasteiger partial charge in [-0.3, -0.25) is 9.59 Å². The molecule has 1 aliphatic rings. The average Bonchev–Trinajstić information content (AvgIpc) is 2.50. The Morgan fingerprint density at radius 3 is 2.67 bits per heavy atom. The van der Waals surface area contributed by atoms with Crippen molar-refractivity contribution in [1.29, 1.82) is 0 Å². The Kier molecular flexibility index (Phi) is 7.72. The minimum absolute atomic E-state index is 0.00761. The second-order valence-corrected chi connectivity index (χ2v) is 6.50. The van der Waals surface area contributed by atoms with Crippen molar-refractivity contribution in [3.8, 4) is 0 Å². The summed E-state index contributed by atoms with van der Waals surface area (Å²) in [5.74, 6) is 0.413. The quantitative estimate of drug-likeness (QED) is 0.698. The van der Waals surface area contributed by atoms with Crippen LogP contribution >= 0.6 is 0 Å². The molecule has 0 saturated carbocycles. The van der Waals surface area contributed by atoms with Gasteiger partial charge in [-0.15, -0.1) is 0 Å². The molecule has 122 valence electrons. The first kappa shape index (κ1) is 18.0. The molecule has 1 heterocycles. The molecule has 0 spiro atoms. The van der Waals surface area contributed by atoms with Crippen LogP contribution in [0.3, 0.4) is 0 Å². The summed E-state index contributed by atoms with van der Waals surface area (Å²) in [6, 6.07) is 0. The van der Waals surface area contributed by atoms with Crippen molar-refractivity contribution in [2.24, 2.45) is 17.8 Å². The van der Waals surface area contributed by atoms with E-state index in [0.717, 1.165) is 32.2 Å². The maximum absolute atomic E-state index is 12.2. The van der Waals surface area contributed by atoms with Crippen LogP contribution in [0.4, 0.5) is 0 Å². The molecule has 2 unspecified atom stereocenters. The lowest BCUT2D eigenvalue weighted by atomic mass is 9.96. The van der Waals surface area contributed by atoms with Crippen LogP contribution in [0.2, 0.25) is 0 Å². The molecular formula is C16H30N2O3. The highest BCUT2D eigenvalue weighted by Gasteiger charge is 2.28. The second-order valence-electron chi connectivity index (χ2n) is 6.50. The number of piperidine rings is 1. The van der Waals surface area contributed by atoms with E-state index in [-0.39, 0.29) is 36.2 Å². The van der Waals surface area contributed by atoms with E-state index in [1.54, 1.807) is 0 Å². The number of nitrogens with zero attached hydrogens (tertiary/aromatic N) is 1. The van der Waals surface area contributed by atoms with E-state index in [4.69, 9.17) is 5.11 Å². The highest BCUT2D eigenvalue weighted by Crippen LogP contribution is 2.18. The van der Waals surface area contributed by atoms with Crippen LogP contribution in [0.1, 0.15) is 46.5 Å². The fourth-order valence-corrected chi connectivity index (χ4v) is 2.65. The molecule has 2 N–H and O–H groups in total. The predicted octanol–water partition coefficient (Wildman–Crippen LogP) is 1.41. The van der Waals surface area contributed by atoms with Crippen molar-refractivity contribution in [3.05, 3.63) is 0 Å². The first-order chi connectivity index (χ1) is 9.95. The van der Waals surface area contributed by atoms with Gasteiger partial charge < -0.3 is 15.3 Å². The van der Waals surface area contributed by atoms with E-state index in [1.165, 1.54) is 0 Å². The van der Waals surface area contributed by atoms with E-state index in [2.05, 4.69) is 5.32 Å². The molecule has 5 heteroatoms. The zero-order chi connectivity index (χ0) is 15.8. The van der Waals surface area contributed by atoms with Gasteiger partial charge in [0.2, 0.25) is 11.8 Å². The normalized spacial score (nSPS) is 20.4. The van der Waals surface area contributed by atoms with Crippen LogP contribution in [-0.4, -0.2) is 48.1 Å². The Balaban J connectivity index is 2.32. The van der Waals surface area contributed by atoms with Gasteiger partial charge in [0, 0.05) is 32.2 Å². The summed E-state index contributed by atoms with van der Waals surface area (Å²) >= 11 is 0. The Morgan fingerprint density at radius 2 is 2.05 bits per heavy atom. The number of carbonyl (C=O) groups is 2. The summed E-state index contributed by atoms with van der Waals surface area (Å²) in [5.41, 5.74) is 0. The summed E-state index contributed by atoms with van der Waals surface area (Å²) in [6.07, 6.45) is 3.56. The molecule has 5 nitrogen and oxygen atoms in total. The van der Waals surface area contributed by atoms with Crippen molar-refractivity contribution in [2.75, 3.05) is 26.2 Å². The Hall–Kier alpha value is -1.10. The van der Waals surface area contributed by atoms with E-state index < -0.39 is 0 Å². The standard InChI is InChI=1S/C16H30N2O3/c1-12(2)16(21)18-9-5-7-14(10-18)15(20)17-8-4-6-13(3)11-19/h12-14,19H,4-11H2,1-3H3,(H,17,20). The number of likely N-dealkylation sites (tertiary alicyclic amines) is 1. The fourth-order valence-electron chi connectivity index (χ4n) is 2.65. The largest absolute Gasteiger partial charge is 0.396 e. The Bertz CT molecular complexity index is 344. The second kappa shape index (κ2) is 9.03. The van der Waals surface area contributed by atoms with Crippen LogP contribution in [0.25, 0.3) is 0 Å². The molecule has 21 heavy (non-hydrogen) atoms. The molecule has 2 amide bonds. The zero-order valence-corrected chi connectivity index (χ0v) is 13.6. The zero-order valence-electron chi connectivity index (χ0n) is 13.6. The number of aliphatic hydroxyl groups excluding tert-OH is 1. The summed E-state index contributed by atoms with van der Waals surface area (Å²) < 4.78 is 0. The molecule has 0 aliphatic carbocycles. The molecule has 0 aromatic rings. The molecule has 1 fully saturated rings. The van der Waals surface area contributed by atoms with Gasteiger partial charge in [-0.2, -0.15) is 0 Å². The molecule has 0 radical (unpaired) electrons. The minimum atomic E-state index is -0.0725. The van der Waals surface area contributed by atoms with E-state index in [1.807, 2.05) is 25.7 Å². The third-order valence-electron chi connectivity index (χ3n) is 4.08. The van der Waals surface area contributed by atoms with Crippen molar-refractivity contribution < 1.29 is 14.7 Å². The number of aliphatic hydroxyl groups is 1. The molecule has 0 aromatic heterocycles. The van der Waals surface area contributed by atoms with Gasteiger partial charge in [-0.25, -0.2) is 0 Å². The molecule has 1 rings (SSSR count). The molecule has 0 bridgehead atoms. The van der Waals surface area contributed by atoms with Gasteiger partial charge in [-0.1, -0.05) is 20.8 Å². The van der Waals surface area contributed by atoms with E-state index >= 15 is 0 Å². The number of nitrogens with one attached hydrogen (secondary N) is 1. The van der Waals surface area contributed by atoms with Crippen LogP contribution in [-0.2, 0) is 9.59 Å². The fraction of sp³-hybridized carbons (Fsp3) is 0.875. The number of hydrogen-bond acceptors (Lipinski definition) is 3. The van der Waals surface area contributed by atoms with E-state index in [0.29, 0.717) is 13.1 Å². The first-order valence-electron chi connectivity index (χ1n) is 8.13. The van der Waals surface area contributed by atoms with Crippen molar-refractivity contribution in [1.82, 2.24) is 10.2 Å². The summed E-state index contributed by atoms with van der Waals surface area (Å²) in [7, 11) is 0. The monoisotopic (exact) mass is 298 g/mol. The highest BCUT2D eigenvalue weighted by atomic mass is 16.3. The third-order valence-corrected chi connectivity index (χ3v) is 4.08. The van der Waals surface area contributed by atoms with Gasteiger partial charge in [-0.05, 0) is 31.6 Å². The van der Waals surface area contributed by atoms with Crippen LogP contribution < -0.4 is 5.32 Å². The Labute approximate surface area is 128 Å². The summed E-state index contributed by atoms with van der Waals surface area (Å²) in [6.45, 7) is 7.96. The summed E-state index contributed by atoms with van der Waals surface area (Å²) in [4.78, 5) is 26.0. The number of carbonyl (C=O) groups excluding carboxylic acids is 2. The minimum Gasteiger partial charge on any atom is -0.396 e. The number of hydrogen-bond donors (Lipinski definition) is 2. The van der Waals surface area contributed by atoms with Gasteiger partial charge >= 0.3 is 0 Å². The van der Waals surface area contributed by atoms with Crippen molar-refractivity contribution in [2.45, 2.75) is 46.5 Å². The van der Waals surface area contributed by atoms with Crippen LogP contribution in [0, 0.1) is 17.8 Å². The lowest BCUT2D eigenvalue weighted by Crippen LogP contribution is -2.46.